The molecule has 0 radical (unpaired) electrons. The second-order valence-electron chi connectivity index (χ2n) is 7.96. The van der Waals surface area contributed by atoms with Crippen LogP contribution in [0.1, 0.15) is 31.1 Å². The highest BCUT2D eigenvalue weighted by Crippen LogP contribution is 2.22. The lowest BCUT2D eigenvalue weighted by atomic mass is 9.87. The highest BCUT2D eigenvalue weighted by molar-refractivity contribution is 6.07. The number of hydrazine groups is 1. The van der Waals surface area contributed by atoms with Gasteiger partial charge in [-0.1, -0.05) is 51.1 Å². The van der Waals surface area contributed by atoms with Gasteiger partial charge in [-0.05, 0) is 23.6 Å². The van der Waals surface area contributed by atoms with Gasteiger partial charge in [0.15, 0.2) is 11.6 Å². The predicted molar refractivity (Wildman–Crippen MR) is 113 cm³/mol. The van der Waals surface area contributed by atoms with Gasteiger partial charge in [-0.3, -0.25) is 10.2 Å². The topological polar surface area (TPSA) is 95.2 Å². The summed E-state index contributed by atoms with van der Waals surface area (Å²) in [5, 5.41) is 3.52. The summed E-state index contributed by atoms with van der Waals surface area (Å²) < 4.78 is 19.3. The monoisotopic (exact) mass is 412 g/mol. The van der Waals surface area contributed by atoms with Crippen molar-refractivity contribution in [3.8, 4) is 5.75 Å². The lowest BCUT2D eigenvalue weighted by molar-refractivity contribution is 0.0935. The van der Waals surface area contributed by atoms with E-state index < -0.39 is 23.8 Å². The SMILES string of the molecule is CC(C)(C)C(COc1ccccc1F)NC(=O)NNC(=O)c1c[nH]c2ccccc12. The first-order valence-electron chi connectivity index (χ1n) is 9.56. The number of para-hydroxylation sites is 2. The first-order chi connectivity index (χ1) is 14.3. The van der Waals surface area contributed by atoms with Crippen molar-refractivity contribution in [3.63, 3.8) is 0 Å². The van der Waals surface area contributed by atoms with Crippen LogP contribution in [0.15, 0.2) is 54.7 Å². The van der Waals surface area contributed by atoms with E-state index >= 15 is 0 Å². The van der Waals surface area contributed by atoms with Crippen LogP contribution in [0, 0.1) is 11.2 Å². The van der Waals surface area contributed by atoms with Gasteiger partial charge >= 0.3 is 6.03 Å². The number of benzene rings is 2. The highest BCUT2D eigenvalue weighted by Gasteiger charge is 2.27. The zero-order valence-electron chi connectivity index (χ0n) is 17.1. The molecule has 1 unspecified atom stereocenters. The summed E-state index contributed by atoms with van der Waals surface area (Å²) in [5.74, 6) is -0.806. The lowest BCUT2D eigenvalue weighted by Crippen LogP contribution is -2.54. The second-order valence-corrected chi connectivity index (χ2v) is 7.96. The summed E-state index contributed by atoms with van der Waals surface area (Å²) in [6, 6.07) is 12.4. The van der Waals surface area contributed by atoms with Gasteiger partial charge in [-0.15, -0.1) is 0 Å². The van der Waals surface area contributed by atoms with E-state index in [0.717, 1.165) is 10.9 Å². The van der Waals surface area contributed by atoms with Crippen LogP contribution >= 0.6 is 0 Å². The maximum absolute atomic E-state index is 13.8. The number of H-pyrrole nitrogens is 1. The molecule has 2 aromatic carbocycles. The van der Waals surface area contributed by atoms with E-state index in [1.54, 1.807) is 18.3 Å². The van der Waals surface area contributed by atoms with E-state index in [9.17, 15) is 14.0 Å². The van der Waals surface area contributed by atoms with Crippen molar-refractivity contribution in [3.05, 3.63) is 66.1 Å². The van der Waals surface area contributed by atoms with Crippen LogP contribution in [0.4, 0.5) is 9.18 Å². The minimum absolute atomic E-state index is 0.0637. The van der Waals surface area contributed by atoms with E-state index in [4.69, 9.17) is 4.74 Å². The Morgan fingerprint density at radius 3 is 2.50 bits per heavy atom. The molecule has 0 aliphatic heterocycles. The van der Waals surface area contributed by atoms with Crippen LogP contribution in [0.2, 0.25) is 0 Å². The van der Waals surface area contributed by atoms with Crippen LogP contribution in [0.3, 0.4) is 0 Å². The van der Waals surface area contributed by atoms with Crippen LogP contribution in [-0.4, -0.2) is 29.6 Å². The molecule has 8 heteroatoms. The number of rotatable bonds is 5. The third kappa shape index (κ3) is 5.08. The van der Waals surface area contributed by atoms with Crippen molar-refractivity contribution in [1.29, 1.82) is 0 Å². The zero-order chi connectivity index (χ0) is 21.7. The van der Waals surface area contributed by atoms with Gasteiger partial charge in [-0.2, -0.15) is 0 Å². The summed E-state index contributed by atoms with van der Waals surface area (Å²) in [7, 11) is 0. The molecule has 0 saturated heterocycles. The fourth-order valence-corrected chi connectivity index (χ4v) is 2.88. The van der Waals surface area contributed by atoms with Gasteiger partial charge < -0.3 is 15.0 Å². The van der Waals surface area contributed by atoms with Crippen LogP contribution < -0.4 is 20.9 Å². The van der Waals surface area contributed by atoms with Gasteiger partial charge in [0.1, 0.15) is 6.61 Å². The largest absolute Gasteiger partial charge is 0.488 e. The molecule has 3 rings (SSSR count). The molecule has 4 N–H and O–H groups in total. The van der Waals surface area contributed by atoms with Gasteiger partial charge in [0.2, 0.25) is 0 Å². The Bertz CT molecular complexity index is 1040. The third-order valence-electron chi connectivity index (χ3n) is 4.72. The number of aromatic nitrogens is 1. The number of carbonyl (C=O) groups is 2. The second kappa shape index (κ2) is 8.86. The van der Waals surface area contributed by atoms with Crippen LogP contribution in [-0.2, 0) is 0 Å². The summed E-state index contributed by atoms with van der Waals surface area (Å²) in [5.41, 5.74) is 5.62. The fourth-order valence-electron chi connectivity index (χ4n) is 2.88. The maximum atomic E-state index is 13.8. The number of amides is 3. The number of hydrogen-bond acceptors (Lipinski definition) is 3. The smallest absolute Gasteiger partial charge is 0.333 e. The van der Waals surface area contributed by atoms with Crippen molar-refractivity contribution in [2.45, 2.75) is 26.8 Å². The number of halogens is 1. The van der Waals surface area contributed by atoms with E-state index in [-0.39, 0.29) is 17.8 Å². The van der Waals surface area contributed by atoms with Crippen LogP contribution in [0.5, 0.6) is 5.75 Å². The molecule has 7 nitrogen and oxygen atoms in total. The predicted octanol–water partition coefficient (Wildman–Crippen LogP) is 3.74. The van der Waals surface area contributed by atoms with Crippen molar-refractivity contribution < 1.29 is 18.7 Å². The molecule has 0 aliphatic carbocycles. The number of aromatic amines is 1. The average molecular weight is 412 g/mol. The molecule has 3 amide bonds. The molecule has 1 aromatic heterocycles. The Morgan fingerprint density at radius 1 is 1.07 bits per heavy atom. The van der Waals surface area contributed by atoms with Gasteiger partial charge in [0, 0.05) is 17.1 Å². The number of fused-ring (bicyclic) bond motifs is 1. The molecule has 0 bridgehead atoms. The Balaban J connectivity index is 1.58. The molecular formula is C22H25FN4O3. The summed E-state index contributed by atoms with van der Waals surface area (Å²) in [6.45, 7) is 5.84. The summed E-state index contributed by atoms with van der Waals surface area (Å²) >= 11 is 0. The Hall–Kier alpha value is -3.55. The van der Waals surface area contributed by atoms with E-state index in [2.05, 4.69) is 21.2 Å². The first kappa shape index (κ1) is 21.2. The Morgan fingerprint density at radius 2 is 1.77 bits per heavy atom. The van der Waals surface area contributed by atoms with Gasteiger partial charge in [-0.25, -0.2) is 14.6 Å². The Labute approximate surface area is 174 Å². The minimum Gasteiger partial charge on any atom is -0.488 e. The Kier molecular flexibility index (Phi) is 6.25. The molecule has 0 fully saturated rings. The van der Waals surface area contributed by atoms with E-state index in [1.807, 2.05) is 45.0 Å². The van der Waals surface area contributed by atoms with Crippen molar-refractivity contribution in [2.24, 2.45) is 5.41 Å². The van der Waals surface area contributed by atoms with E-state index in [1.165, 1.54) is 12.1 Å². The van der Waals surface area contributed by atoms with Gasteiger partial charge in [0.05, 0.1) is 11.6 Å². The molecule has 0 spiro atoms. The van der Waals surface area contributed by atoms with Crippen LogP contribution in [0.25, 0.3) is 10.9 Å². The molecule has 158 valence electrons. The van der Waals surface area contributed by atoms with E-state index in [0.29, 0.717) is 5.56 Å². The normalized spacial score (nSPS) is 12.3. The van der Waals surface area contributed by atoms with Crippen molar-refractivity contribution in [2.75, 3.05) is 6.61 Å². The highest BCUT2D eigenvalue weighted by atomic mass is 19.1. The quantitative estimate of drug-likeness (QED) is 0.481. The molecule has 0 aliphatic rings. The molecule has 0 saturated carbocycles. The standard InChI is InChI=1S/C22H25FN4O3/c1-22(2,3)19(13-30-18-11-7-5-9-16(18)23)25-21(29)27-26-20(28)15-12-24-17-10-6-4-8-14(15)17/h4-12,19,24H,13H2,1-3H3,(H,26,28)(H2,25,27,29). The summed E-state index contributed by atoms with van der Waals surface area (Å²) in [6.07, 6.45) is 1.58. The number of carbonyl (C=O) groups excluding carboxylic acids is 2. The number of hydrogen-bond donors (Lipinski definition) is 4. The molecule has 1 atom stereocenters. The van der Waals surface area contributed by atoms with Crippen molar-refractivity contribution >= 4 is 22.8 Å². The lowest BCUT2D eigenvalue weighted by Gasteiger charge is -2.31. The average Bonchev–Trinajstić information content (AvgIpc) is 3.14. The molecule has 30 heavy (non-hydrogen) atoms. The molecular weight excluding hydrogens is 387 g/mol. The number of urea groups is 1. The van der Waals surface area contributed by atoms with Gasteiger partial charge in [0.25, 0.3) is 5.91 Å². The molecule has 1 heterocycles. The summed E-state index contributed by atoms with van der Waals surface area (Å²) in [4.78, 5) is 27.8. The first-order valence-corrected chi connectivity index (χ1v) is 9.56. The minimum atomic E-state index is -0.597. The fraction of sp³-hybridized carbons (Fsp3) is 0.273. The third-order valence-corrected chi connectivity index (χ3v) is 4.72. The molecule has 3 aromatic rings. The zero-order valence-corrected chi connectivity index (χ0v) is 17.1. The maximum Gasteiger partial charge on any atom is 0.333 e. The number of nitrogens with one attached hydrogen (secondary N) is 4. The van der Waals surface area contributed by atoms with Crippen molar-refractivity contribution in [1.82, 2.24) is 21.2 Å². The number of ether oxygens (including phenoxy) is 1.